The third kappa shape index (κ3) is 1.55. The quantitative estimate of drug-likeness (QED) is 0.512. The van der Waals surface area contributed by atoms with Gasteiger partial charge in [0.15, 0.2) is 0 Å². The lowest BCUT2D eigenvalue weighted by molar-refractivity contribution is -0.187. The molecule has 0 atom stereocenters. The predicted molar refractivity (Wildman–Crippen MR) is 39.5 cm³/mol. The Balaban J connectivity index is 1.86. The summed E-state index contributed by atoms with van der Waals surface area (Å²) in [6.07, 6.45) is 1.02. The maximum Gasteiger partial charge on any atom is 0.0637 e. The highest BCUT2D eigenvalue weighted by Gasteiger charge is 2.39. The van der Waals surface area contributed by atoms with Gasteiger partial charge in [-0.15, -0.1) is 0 Å². The highest BCUT2D eigenvalue weighted by Crippen LogP contribution is 2.29. The van der Waals surface area contributed by atoms with Crippen molar-refractivity contribution in [2.24, 2.45) is 5.41 Å². The molecule has 0 saturated carbocycles. The zero-order chi connectivity index (χ0) is 7.57. The van der Waals surface area contributed by atoms with Crippen LogP contribution in [0.2, 0.25) is 0 Å². The van der Waals surface area contributed by atoms with E-state index in [-0.39, 0.29) is 5.41 Å². The van der Waals surface area contributed by atoms with E-state index in [9.17, 15) is 0 Å². The fraction of sp³-hybridized carbons (Fsp3) is 1.00. The standard InChI is InChI=1S/C8H14O3/c1-2-9-4-8(5-10-3-1)6-11-7-8/h1-7H2. The molecule has 0 unspecified atom stereocenters. The van der Waals surface area contributed by atoms with Crippen LogP contribution < -0.4 is 0 Å². The summed E-state index contributed by atoms with van der Waals surface area (Å²) in [5.41, 5.74) is 0.209. The van der Waals surface area contributed by atoms with E-state index < -0.39 is 0 Å². The van der Waals surface area contributed by atoms with Crippen LogP contribution in [0.25, 0.3) is 0 Å². The normalized spacial score (nSPS) is 30.5. The molecule has 3 nitrogen and oxygen atoms in total. The van der Waals surface area contributed by atoms with Crippen molar-refractivity contribution in [1.29, 1.82) is 0 Å². The molecule has 0 radical (unpaired) electrons. The highest BCUT2D eigenvalue weighted by atomic mass is 16.5. The minimum atomic E-state index is 0.209. The zero-order valence-electron chi connectivity index (χ0n) is 6.67. The van der Waals surface area contributed by atoms with E-state index in [4.69, 9.17) is 14.2 Å². The summed E-state index contributed by atoms with van der Waals surface area (Å²) in [4.78, 5) is 0. The topological polar surface area (TPSA) is 27.7 Å². The smallest absolute Gasteiger partial charge is 0.0637 e. The van der Waals surface area contributed by atoms with Crippen molar-refractivity contribution in [3.05, 3.63) is 0 Å². The third-order valence-corrected chi connectivity index (χ3v) is 2.21. The maximum atomic E-state index is 5.47. The summed E-state index contributed by atoms with van der Waals surface area (Å²) >= 11 is 0. The maximum absolute atomic E-state index is 5.47. The Kier molecular flexibility index (Phi) is 2.11. The van der Waals surface area contributed by atoms with Crippen LogP contribution in [0, 0.1) is 5.41 Å². The first-order valence-corrected chi connectivity index (χ1v) is 4.15. The molecule has 0 aromatic rings. The van der Waals surface area contributed by atoms with Gasteiger partial charge in [0.2, 0.25) is 0 Å². The molecule has 0 aromatic heterocycles. The first-order chi connectivity index (χ1) is 5.41. The second-order valence-corrected chi connectivity index (χ2v) is 3.45. The Bertz CT molecular complexity index is 121. The molecule has 0 N–H and O–H groups in total. The predicted octanol–water partition coefficient (Wildman–Crippen LogP) is 0.440. The molecule has 2 heterocycles. The molecule has 0 aromatic carbocycles. The Morgan fingerprint density at radius 1 is 0.727 bits per heavy atom. The molecule has 2 aliphatic rings. The van der Waals surface area contributed by atoms with Gasteiger partial charge >= 0.3 is 0 Å². The van der Waals surface area contributed by atoms with Gasteiger partial charge in [-0.2, -0.15) is 0 Å². The van der Waals surface area contributed by atoms with Crippen LogP contribution in [0.5, 0.6) is 0 Å². The van der Waals surface area contributed by atoms with Crippen molar-refractivity contribution in [3.63, 3.8) is 0 Å². The molecule has 2 aliphatic heterocycles. The second kappa shape index (κ2) is 3.09. The lowest BCUT2D eigenvalue weighted by Crippen LogP contribution is -2.50. The number of hydrogen-bond donors (Lipinski definition) is 0. The second-order valence-electron chi connectivity index (χ2n) is 3.45. The van der Waals surface area contributed by atoms with Crippen LogP contribution in [0.4, 0.5) is 0 Å². The van der Waals surface area contributed by atoms with E-state index >= 15 is 0 Å². The Morgan fingerprint density at radius 2 is 1.27 bits per heavy atom. The molecule has 0 aliphatic carbocycles. The van der Waals surface area contributed by atoms with Gasteiger partial charge in [0.05, 0.1) is 31.8 Å². The third-order valence-electron chi connectivity index (χ3n) is 2.21. The molecule has 2 fully saturated rings. The average molecular weight is 158 g/mol. The van der Waals surface area contributed by atoms with Gasteiger partial charge in [0.1, 0.15) is 0 Å². The highest BCUT2D eigenvalue weighted by molar-refractivity contribution is 4.85. The van der Waals surface area contributed by atoms with Crippen molar-refractivity contribution in [2.45, 2.75) is 6.42 Å². The van der Waals surface area contributed by atoms with Crippen molar-refractivity contribution < 1.29 is 14.2 Å². The first kappa shape index (κ1) is 7.53. The number of rotatable bonds is 0. The van der Waals surface area contributed by atoms with E-state index in [1.54, 1.807) is 0 Å². The SMILES string of the molecule is C1COCC2(COC1)COC2. The lowest BCUT2D eigenvalue weighted by atomic mass is 9.88. The average Bonchev–Trinajstić information content (AvgIpc) is 1.82. The van der Waals surface area contributed by atoms with Gasteiger partial charge in [0, 0.05) is 13.2 Å². The Hall–Kier alpha value is -0.120. The van der Waals surface area contributed by atoms with Crippen molar-refractivity contribution in [3.8, 4) is 0 Å². The lowest BCUT2D eigenvalue weighted by Gasteiger charge is -2.41. The number of hydrogen-bond acceptors (Lipinski definition) is 3. The molecular weight excluding hydrogens is 144 g/mol. The monoisotopic (exact) mass is 158 g/mol. The minimum absolute atomic E-state index is 0.209. The summed E-state index contributed by atoms with van der Waals surface area (Å²) in [6.45, 7) is 4.92. The van der Waals surface area contributed by atoms with Crippen molar-refractivity contribution >= 4 is 0 Å². The van der Waals surface area contributed by atoms with Gasteiger partial charge in [-0.1, -0.05) is 0 Å². The first-order valence-electron chi connectivity index (χ1n) is 4.15. The van der Waals surface area contributed by atoms with E-state index in [0.717, 1.165) is 46.1 Å². The van der Waals surface area contributed by atoms with Crippen LogP contribution in [0.1, 0.15) is 6.42 Å². The molecule has 1 spiro atoms. The fourth-order valence-electron chi connectivity index (χ4n) is 1.44. The van der Waals surface area contributed by atoms with Crippen LogP contribution in [0.3, 0.4) is 0 Å². The van der Waals surface area contributed by atoms with Gasteiger partial charge < -0.3 is 14.2 Å². The zero-order valence-corrected chi connectivity index (χ0v) is 6.67. The van der Waals surface area contributed by atoms with E-state index in [1.807, 2.05) is 0 Å². The summed E-state index contributed by atoms with van der Waals surface area (Å²) in [5, 5.41) is 0. The summed E-state index contributed by atoms with van der Waals surface area (Å²) in [7, 11) is 0. The van der Waals surface area contributed by atoms with Gasteiger partial charge in [-0.25, -0.2) is 0 Å². The van der Waals surface area contributed by atoms with E-state index in [1.165, 1.54) is 0 Å². The summed E-state index contributed by atoms with van der Waals surface area (Å²) < 4.78 is 16.1. The molecular formula is C8H14O3. The van der Waals surface area contributed by atoms with Gasteiger partial charge in [0.25, 0.3) is 0 Å². The molecule has 64 valence electrons. The van der Waals surface area contributed by atoms with Crippen LogP contribution in [-0.4, -0.2) is 39.6 Å². The van der Waals surface area contributed by atoms with Crippen molar-refractivity contribution in [1.82, 2.24) is 0 Å². The minimum Gasteiger partial charge on any atom is -0.381 e. The summed E-state index contributed by atoms with van der Waals surface area (Å²) in [6, 6.07) is 0. The van der Waals surface area contributed by atoms with E-state index in [0.29, 0.717) is 0 Å². The Labute approximate surface area is 66.6 Å². The van der Waals surface area contributed by atoms with Gasteiger partial charge in [-0.3, -0.25) is 0 Å². The fourth-order valence-corrected chi connectivity index (χ4v) is 1.44. The van der Waals surface area contributed by atoms with Crippen molar-refractivity contribution in [2.75, 3.05) is 39.6 Å². The van der Waals surface area contributed by atoms with Gasteiger partial charge in [-0.05, 0) is 6.42 Å². The van der Waals surface area contributed by atoms with Crippen LogP contribution >= 0.6 is 0 Å². The summed E-state index contributed by atoms with van der Waals surface area (Å²) in [5.74, 6) is 0. The molecule has 2 saturated heterocycles. The molecule has 0 amide bonds. The molecule has 2 rings (SSSR count). The van der Waals surface area contributed by atoms with E-state index in [2.05, 4.69) is 0 Å². The molecule has 0 bridgehead atoms. The molecule has 3 heteroatoms. The number of ether oxygens (including phenoxy) is 3. The van der Waals surface area contributed by atoms with Crippen LogP contribution in [-0.2, 0) is 14.2 Å². The van der Waals surface area contributed by atoms with Crippen LogP contribution in [0.15, 0.2) is 0 Å². The largest absolute Gasteiger partial charge is 0.381 e. The molecule has 11 heavy (non-hydrogen) atoms. The Morgan fingerprint density at radius 3 is 1.73 bits per heavy atom.